The third-order valence-electron chi connectivity index (χ3n) is 2.54. The van der Waals surface area contributed by atoms with Gasteiger partial charge in [0.05, 0.1) is 0 Å². The van der Waals surface area contributed by atoms with Crippen molar-refractivity contribution in [1.82, 2.24) is 4.98 Å². The lowest BCUT2D eigenvalue weighted by Crippen LogP contribution is -1.95. The van der Waals surface area contributed by atoms with E-state index >= 15 is 0 Å². The van der Waals surface area contributed by atoms with Gasteiger partial charge >= 0.3 is 0 Å². The van der Waals surface area contributed by atoms with Gasteiger partial charge in [0, 0.05) is 5.69 Å². The molecule has 0 unspecified atom stereocenters. The molecular formula is C13H22N2. The van der Waals surface area contributed by atoms with E-state index in [0.717, 1.165) is 18.0 Å². The quantitative estimate of drug-likeness (QED) is 0.724. The van der Waals surface area contributed by atoms with Crippen molar-refractivity contribution >= 4 is 5.82 Å². The van der Waals surface area contributed by atoms with Crippen LogP contribution in [-0.2, 0) is 6.42 Å². The SMILES string of the molecule is CC(C)CCCCCc1cccc(N)n1. The summed E-state index contributed by atoms with van der Waals surface area (Å²) in [5, 5.41) is 0. The molecule has 15 heavy (non-hydrogen) atoms. The van der Waals surface area contributed by atoms with E-state index in [-0.39, 0.29) is 0 Å². The van der Waals surface area contributed by atoms with Crippen molar-refractivity contribution in [2.45, 2.75) is 46.0 Å². The van der Waals surface area contributed by atoms with Crippen LogP contribution in [0.5, 0.6) is 0 Å². The van der Waals surface area contributed by atoms with E-state index in [0.29, 0.717) is 5.82 Å². The third kappa shape index (κ3) is 5.40. The lowest BCUT2D eigenvalue weighted by molar-refractivity contribution is 0.526. The number of anilines is 1. The molecule has 0 spiro atoms. The van der Waals surface area contributed by atoms with Gasteiger partial charge in [0.1, 0.15) is 5.82 Å². The van der Waals surface area contributed by atoms with E-state index in [1.165, 1.54) is 25.7 Å². The van der Waals surface area contributed by atoms with Gasteiger partial charge in [-0.25, -0.2) is 4.98 Å². The van der Waals surface area contributed by atoms with Crippen LogP contribution in [0, 0.1) is 5.92 Å². The first-order chi connectivity index (χ1) is 7.18. The van der Waals surface area contributed by atoms with Crippen molar-refractivity contribution in [2.24, 2.45) is 5.92 Å². The van der Waals surface area contributed by atoms with Crippen LogP contribution in [0.25, 0.3) is 0 Å². The molecule has 0 aromatic carbocycles. The molecule has 0 radical (unpaired) electrons. The Kier molecular flexibility index (Phi) is 5.16. The van der Waals surface area contributed by atoms with E-state index in [4.69, 9.17) is 5.73 Å². The molecule has 1 rings (SSSR count). The fourth-order valence-electron chi connectivity index (χ4n) is 1.67. The van der Waals surface area contributed by atoms with E-state index in [9.17, 15) is 0 Å². The standard InChI is InChI=1S/C13H22N2/c1-11(2)7-4-3-5-8-12-9-6-10-13(14)15-12/h6,9-11H,3-5,7-8H2,1-2H3,(H2,14,15). The maximum Gasteiger partial charge on any atom is 0.123 e. The Morgan fingerprint density at radius 3 is 2.67 bits per heavy atom. The van der Waals surface area contributed by atoms with Crippen molar-refractivity contribution in [3.63, 3.8) is 0 Å². The monoisotopic (exact) mass is 206 g/mol. The molecule has 0 aliphatic carbocycles. The van der Waals surface area contributed by atoms with Crippen LogP contribution < -0.4 is 5.73 Å². The predicted molar refractivity (Wildman–Crippen MR) is 65.7 cm³/mol. The number of hydrogen-bond acceptors (Lipinski definition) is 2. The zero-order valence-corrected chi connectivity index (χ0v) is 9.87. The Hall–Kier alpha value is -1.05. The largest absolute Gasteiger partial charge is 0.384 e. The Balaban J connectivity index is 2.15. The van der Waals surface area contributed by atoms with Crippen LogP contribution in [0.1, 0.15) is 45.2 Å². The molecule has 0 saturated heterocycles. The Morgan fingerprint density at radius 1 is 1.20 bits per heavy atom. The molecule has 0 aliphatic heterocycles. The molecule has 0 amide bonds. The molecule has 2 N–H and O–H groups in total. The average Bonchev–Trinajstić information content (AvgIpc) is 2.17. The maximum atomic E-state index is 5.62. The second-order valence-electron chi connectivity index (χ2n) is 4.55. The molecular weight excluding hydrogens is 184 g/mol. The van der Waals surface area contributed by atoms with Crippen molar-refractivity contribution in [3.05, 3.63) is 23.9 Å². The summed E-state index contributed by atoms with van der Waals surface area (Å²) in [4.78, 5) is 4.28. The van der Waals surface area contributed by atoms with Gasteiger partial charge in [0.25, 0.3) is 0 Å². The minimum atomic E-state index is 0.634. The maximum absolute atomic E-state index is 5.62. The number of hydrogen-bond donors (Lipinski definition) is 1. The molecule has 0 fully saturated rings. The summed E-state index contributed by atoms with van der Waals surface area (Å²) in [5.41, 5.74) is 6.74. The first-order valence-corrected chi connectivity index (χ1v) is 5.90. The summed E-state index contributed by atoms with van der Waals surface area (Å²) in [6.07, 6.45) is 6.26. The number of rotatable bonds is 6. The average molecular weight is 206 g/mol. The van der Waals surface area contributed by atoms with E-state index in [2.05, 4.69) is 24.9 Å². The molecule has 0 atom stereocenters. The third-order valence-corrected chi connectivity index (χ3v) is 2.54. The molecule has 0 bridgehead atoms. The fraction of sp³-hybridized carbons (Fsp3) is 0.615. The highest BCUT2D eigenvalue weighted by Crippen LogP contribution is 2.10. The summed E-state index contributed by atoms with van der Waals surface area (Å²) in [6.45, 7) is 4.55. The minimum absolute atomic E-state index is 0.634. The topological polar surface area (TPSA) is 38.9 Å². The van der Waals surface area contributed by atoms with Gasteiger partial charge in [-0.05, 0) is 30.9 Å². The molecule has 2 nitrogen and oxygen atoms in total. The summed E-state index contributed by atoms with van der Waals surface area (Å²) in [7, 11) is 0. The Bertz CT molecular complexity index is 282. The summed E-state index contributed by atoms with van der Waals surface area (Å²) >= 11 is 0. The number of nitrogen functional groups attached to an aromatic ring is 1. The normalized spacial score (nSPS) is 10.9. The Morgan fingerprint density at radius 2 is 2.00 bits per heavy atom. The molecule has 1 heterocycles. The highest BCUT2D eigenvalue weighted by molar-refractivity contribution is 5.28. The molecule has 2 heteroatoms. The number of nitrogens with zero attached hydrogens (tertiary/aromatic N) is 1. The first-order valence-electron chi connectivity index (χ1n) is 5.90. The zero-order valence-electron chi connectivity index (χ0n) is 9.87. The number of nitrogens with two attached hydrogens (primary N) is 1. The first kappa shape index (κ1) is 12.0. The van der Waals surface area contributed by atoms with Gasteiger partial charge in [-0.3, -0.25) is 0 Å². The predicted octanol–water partition coefficient (Wildman–Crippen LogP) is 3.42. The van der Waals surface area contributed by atoms with Crippen LogP contribution in [0.15, 0.2) is 18.2 Å². The number of aryl methyl sites for hydroxylation is 1. The van der Waals surface area contributed by atoms with E-state index in [1.54, 1.807) is 0 Å². The van der Waals surface area contributed by atoms with Gasteiger partial charge < -0.3 is 5.73 Å². The zero-order chi connectivity index (χ0) is 11.1. The van der Waals surface area contributed by atoms with Gasteiger partial charge in [-0.15, -0.1) is 0 Å². The summed E-state index contributed by atoms with van der Waals surface area (Å²) in [5.74, 6) is 1.46. The van der Waals surface area contributed by atoms with Crippen molar-refractivity contribution in [3.8, 4) is 0 Å². The van der Waals surface area contributed by atoms with Crippen LogP contribution in [0.4, 0.5) is 5.82 Å². The highest BCUT2D eigenvalue weighted by atomic mass is 14.8. The number of aromatic nitrogens is 1. The second kappa shape index (κ2) is 6.44. The smallest absolute Gasteiger partial charge is 0.123 e. The van der Waals surface area contributed by atoms with E-state index in [1.807, 2.05) is 12.1 Å². The summed E-state index contributed by atoms with van der Waals surface area (Å²) < 4.78 is 0. The van der Waals surface area contributed by atoms with Crippen LogP contribution in [-0.4, -0.2) is 4.98 Å². The number of pyridine rings is 1. The van der Waals surface area contributed by atoms with Crippen LogP contribution in [0.2, 0.25) is 0 Å². The minimum Gasteiger partial charge on any atom is -0.384 e. The highest BCUT2D eigenvalue weighted by Gasteiger charge is 1.97. The molecule has 84 valence electrons. The lowest BCUT2D eigenvalue weighted by Gasteiger charge is -2.04. The van der Waals surface area contributed by atoms with Crippen molar-refractivity contribution in [2.75, 3.05) is 5.73 Å². The molecule has 0 saturated carbocycles. The van der Waals surface area contributed by atoms with Gasteiger partial charge in [-0.1, -0.05) is 39.2 Å². The molecule has 1 aromatic rings. The van der Waals surface area contributed by atoms with Gasteiger partial charge in [-0.2, -0.15) is 0 Å². The fourth-order valence-corrected chi connectivity index (χ4v) is 1.67. The van der Waals surface area contributed by atoms with Crippen molar-refractivity contribution < 1.29 is 0 Å². The second-order valence-corrected chi connectivity index (χ2v) is 4.55. The van der Waals surface area contributed by atoms with Crippen LogP contribution >= 0.6 is 0 Å². The molecule has 1 aromatic heterocycles. The van der Waals surface area contributed by atoms with Gasteiger partial charge in [0.2, 0.25) is 0 Å². The van der Waals surface area contributed by atoms with E-state index < -0.39 is 0 Å². The number of unbranched alkanes of at least 4 members (excludes halogenated alkanes) is 2. The Labute approximate surface area is 92.9 Å². The van der Waals surface area contributed by atoms with Crippen molar-refractivity contribution in [1.29, 1.82) is 0 Å². The summed E-state index contributed by atoms with van der Waals surface area (Å²) in [6, 6.07) is 5.87. The van der Waals surface area contributed by atoms with Gasteiger partial charge in [0.15, 0.2) is 0 Å². The lowest BCUT2D eigenvalue weighted by atomic mass is 10.0. The molecule has 0 aliphatic rings. The van der Waals surface area contributed by atoms with Crippen LogP contribution in [0.3, 0.4) is 0 Å².